The van der Waals surface area contributed by atoms with Crippen molar-refractivity contribution >= 4 is 10.0 Å². The maximum Gasteiger partial charge on any atom is 0.262 e. The van der Waals surface area contributed by atoms with Crippen molar-refractivity contribution in [3.63, 3.8) is 0 Å². The Bertz CT molecular complexity index is 767. The van der Waals surface area contributed by atoms with E-state index in [1.165, 1.54) is 16.8 Å². The van der Waals surface area contributed by atoms with Gasteiger partial charge in [-0.3, -0.25) is 0 Å². The first-order chi connectivity index (χ1) is 11.0. The Labute approximate surface area is 135 Å². The number of fused-ring (bicyclic) bond motifs is 1. The van der Waals surface area contributed by atoms with Gasteiger partial charge in [0.05, 0.1) is 19.5 Å². The lowest BCUT2D eigenvalue weighted by molar-refractivity contribution is 0.0978. The molecule has 0 aromatic carbocycles. The second kappa shape index (κ2) is 6.42. The SMILES string of the molecule is CCOC[C@@H]1CN(S(=O)(=O)c2cn(C)cn2)Cc2nccn2C1. The number of rotatable bonds is 5. The molecule has 0 aliphatic carbocycles. The normalized spacial score (nSPS) is 19.5. The van der Waals surface area contributed by atoms with Gasteiger partial charge in [0.25, 0.3) is 10.0 Å². The molecule has 0 saturated heterocycles. The Morgan fingerprint density at radius 1 is 1.35 bits per heavy atom. The number of aromatic nitrogens is 4. The molecule has 0 spiro atoms. The van der Waals surface area contributed by atoms with Gasteiger partial charge in [-0.15, -0.1) is 0 Å². The average molecular weight is 339 g/mol. The topological polar surface area (TPSA) is 82.2 Å². The molecule has 126 valence electrons. The van der Waals surface area contributed by atoms with E-state index in [1.54, 1.807) is 17.8 Å². The zero-order valence-electron chi connectivity index (χ0n) is 13.3. The smallest absolute Gasteiger partial charge is 0.262 e. The van der Waals surface area contributed by atoms with E-state index in [1.807, 2.05) is 17.7 Å². The zero-order valence-corrected chi connectivity index (χ0v) is 14.1. The summed E-state index contributed by atoms with van der Waals surface area (Å²) in [6, 6.07) is 0. The molecule has 0 amide bonds. The van der Waals surface area contributed by atoms with Gasteiger partial charge in [0.15, 0.2) is 5.03 Å². The fourth-order valence-electron chi connectivity index (χ4n) is 2.73. The summed E-state index contributed by atoms with van der Waals surface area (Å²) in [6.45, 7) is 4.39. The summed E-state index contributed by atoms with van der Waals surface area (Å²) in [5, 5.41) is 0.0650. The van der Waals surface area contributed by atoms with Crippen LogP contribution in [0.4, 0.5) is 0 Å². The molecule has 0 bridgehead atoms. The molecule has 0 radical (unpaired) electrons. The molecule has 9 heteroatoms. The summed E-state index contributed by atoms with van der Waals surface area (Å²) in [4.78, 5) is 8.28. The van der Waals surface area contributed by atoms with Crippen LogP contribution in [0.5, 0.6) is 0 Å². The Kier molecular flexibility index (Phi) is 4.51. The van der Waals surface area contributed by atoms with Gasteiger partial charge in [-0.05, 0) is 6.92 Å². The first-order valence-corrected chi connectivity index (χ1v) is 9.00. The molecule has 3 rings (SSSR count). The molecule has 1 aliphatic rings. The lowest BCUT2D eigenvalue weighted by Crippen LogP contribution is -2.35. The van der Waals surface area contributed by atoms with Gasteiger partial charge in [-0.25, -0.2) is 18.4 Å². The maximum absolute atomic E-state index is 12.9. The molecule has 23 heavy (non-hydrogen) atoms. The van der Waals surface area contributed by atoms with Gasteiger partial charge in [0.1, 0.15) is 5.82 Å². The minimum absolute atomic E-state index is 0.0650. The van der Waals surface area contributed by atoms with Crippen molar-refractivity contribution in [2.75, 3.05) is 19.8 Å². The van der Waals surface area contributed by atoms with Gasteiger partial charge in [-0.2, -0.15) is 4.31 Å². The summed E-state index contributed by atoms with van der Waals surface area (Å²) in [5.41, 5.74) is 0. The molecule has 2 aromatic rings. The van der Waals surface area contributed by atoms with Crippen molar-refractivity contribution in [3.8, 4) is 0 Å². The highest BCUT2D eigenvalue weighted by Crippen LogP contribution is 2.22. The quantitative estimate of drug-likeness (QED) is 0.791. The Morgan fingerprint density at radius 3 is 2.87 bits per heavy atom. The fraction of sp³-hybridized carbons (Fsp3) is 0.571. The molecule has 0 N–H and O–H groups in total. The summed E-state index contributed by atoms with van der Waals surface area (Å²) in [7, 11) is -1.90. The van der Waals surface area contributed by atoms with Crippen molar-refractivity contribution in [1.29, 1.82) is 0 Å². The van der Waals surface area contributed by atoms with Crippen molar-refractivity contribution in [3.05, 3.63) is 30.7 Å². The molecule has 1 aliphatic heterocycles. The third-order valence-corrected chi connectivity index (χ3v) is 5.58. The number of hydrogen-bond acceptors (Lipinski definition) is 5. The Morgan fingerprint density at radius 2 is 2.17 bits per heavy atom. The van der Waals surface area contributed by atoms with Crippen LogP contribution in [0.15, 0.2) is 29.9 Å². The van der Waals surface area contributed by atoms with E-state index in [0.717, 1.165) is 5.82 Å². The van der Waals surface area contributed by atoms with E-state index in [-0.39, 0.29) is 17.5 Å². The van der Waals surface area contributed by atoms with Gasteiger partial charge in [0, 0.05) is 51.3 Å². The van der Waals surface area contributed by atoms with Crippen molar-refractivity contribution in [2.45, 2.75) is 25.0 Å². The number of nitrogens with zero attached hydrogens (tertiary/aromatic N) is 5. The molecule has 3 heterocycles. The van der Waals surface area contributed by atoms with Crippen LogP contribution in [0, 0.1) is 5.92 Å². The number of sulfonamides is 1. The minimum atomic E-state index is -3.65. The molecule has 0 unspecified atom stereocenters. The monoisotopic (exact) mass is 339 g/mol. The van der Waals surface area contributed by atoms with Crippen LogP contribution in [-0.2, 0) is 34.9 Å². The largest absolute Gasteiger partial charge is 0.381 e. The highest BCUT2D eigenvalue weighted by molar-refractivity contribution is 7.89. The van der Waals surface area contributed by atoms with Gasteiger partial charge >= 0.3 is 0 Å². The first-order valence-electron chi connectivity index (χ1n) is 7.56. The minimum Gasteiger partial charge on any atom is -0.381 e. The number of aryl methyl sites for hydroxylation is 1. The van der Waals surface area contributed by atoms with Crippen LogP contribution < -0.4 is 0 Å². The highest BCUT2D eigenvalue weighted by Gasteiger charge is 2.32. The number of imidazole rings is 2. The standard InChI is InChI=1S/C14H21N5O3S/c1-3-22-10-12-6-18-5-4-15-13(18)8-19(7-12)23(20,21)14-9-17(2)11-16-14/h4-5,9,11-12H,3,6-8,10H2,1-2H3/t12-/m0/s1. The molecule has 1 atom stereocenters. The van der Waals surface area contributed by atoms with E-state index < -0.39 is 10.0 Å². The van der Waals surface area contributed by atoms with Crippen LogP contribution in [-0.4, -0.2) is 51.6 Å². The van der Waals surface area contributed by atoms with Crippen molar-refractivity contribution in [2.24, 2.45) is 13.0 Å². The summed E-state index contributed by atoms with van der Waals surface area (Å²) < 4.78 is 36.3. The van der Waals surface area contributed by atoms with Crippen LogP contribution in [0.2, 0.25) is 0 Å². The van der Waals surface area contributed by atoms with Crippen LogP contribution in [0.3, 0.4) is 0 Å². The molecule has 0 saturated carbocycles. The predicted octanol–water partition coefficient (Wildman–Crippen LogP) is 0.474. The Balaban J connectivity index is 1.91. The lowest BCUT2D eigenvalue weighted by Gasteiger charge is -2.22. The molecule has 0 fully saturated rings. The fourth-order valence-corrected chi connectivity index (χ4v) is 4.17. The Hall–Kier alpha value is -1.71. The second-order valence-corrected chi connectivity index (χ2v) is 7.58. The third-order valence-electron chi connectivity index (χ3n) is 3.88. The average Bonchev–Trinajstić information content (AvgIpc) is 3.10. The van der Waals surface area contributed by atoms with E-state index in [0.29, 0.717) is 26.3 Å². The lowest BCUT2D eigenvalue weighted by atomic mass is 10.1. The summed E-state index contributed by atoms with van der Waals surface area (Å²) in [6.07, 6.45) is 6.59. The second-order valence-electron chi connectivity index (χ2n) is 5.70. The van der Waals surface area contributed by atoms with Gasteiger partial charge < -0.3 is 13.9 Å². The maximum atomic E-state index is 12.9. The third kappa shape index (κ3) is 3.31. The molecular weight excluding hydrogens is 318 g/mol. The summed E-state index contributed by atoms with van der Waals surface area (Å²) in [5.74, 6) is 0.812. The molecular formula is C14H21N5O3S. The highest BCUT2D eigenvalue weighted by atomic mass is 32.2. The number of hydrogen-bond donors (Lipinski definition) is 0. The van der Waals surface area contributed by atoms with Crippen LogP contribution in [0.1, 0.15) is 12.7 Å². The predicted molar refractivity (Wildman–Crippen MR) is 83.0 cm³/mol. The van der Waals surface area contributed by atoms with E-state index >= 15 is 0 Å². The number of ether oxygens (including phenoxy) is 1. The van der Waals surface area contributed by atoms with Gasteiger partial charge in [0.2, 0.25) is 0 Å². The molecule has 2 aromatic heterocycles. The van der Waals surface area contributed by atoms with E-state index in [9.17, 15) is 8.42 Å². The summed E-state index contributed by atoms with van der Waals surface area (Å²) >= 11 is 0. The van der Waals surface area contributed by atoms with Crippen molar-refractivity contribution in [1.82, 2.24) is 23.4 Å². The van der Waals surface area contributed by atoms with Crippen molar-refractivity contribution < 1.29 is 13.2 Å². The van der Waals surface area contributed by atoms with E-state index in [4.69, 9.17) is 4.74 Å². The zero-order chi connectivity index (χ0) is 16.4. The van der Waals surface area contributed by atoms with Gasteiger partial charge in [-0.1, -0.05) is 0 Å². The first kappa shape index (κ1) is 16.2. The molecule has 8 nitrogen and oxygen atoms in total. The van der Waals surface area contributed by atoms with Crippen LogP contribution in [0.25, 0.3) is 0 Å². The van der Waals surface area contributed by atoms with Crippen LogP contribution >= 0.6 is 0 Å². The van der Waals surface area contributed by atoms with E-state index in [2.05, 4.69) is 9.97 Å².